The van der Waals surface area contributed by atoms with Crippen LogP contribution in [0.5, 0.6) is 5.75 Å². The molecule has 1 aromatic rings. The summed E-state index contributed by atoms with van der Waals surface area (Å²) in [7, 11) is 1.63. The van der Waals surface area contributed by atoms with E-state index in [1.807, 2.05) is 38.1 Å². The molecule has 3 N–H and O–H groups in total. The second kappa shape index (κ2) is 11.2. The molecule has 0 aromatic heterocycles. The van der Waals surface area contributed by atoms with Gasteiger partial charge in [-0.2, -0.15) is 0 Å². The number of benzene rings is 1. The number of nitrogens with two attached hydrogens (primary N) is 1. The highest BCUT2D eigenvalue weighted by Crippen LogP contribution is 2.31. The van der Waals surface area contributed by atoms with Crippen molar-refractivity contribution in [2.75, 3.05) is 20.3 Å². The molecule has 0 unspecified atom stereocenters. The van der Waals surface area contributed by atoms with E-state index in [-0.39, 0.29) is 31.5 Å². The van der Waals surface area contributed by atoms with Crippen molar-refractivity contribution in [3.05, 3.63) is 29.8 Å². The number of esters is 1. The number of nitrogens with one attached hydrogen (secondary N) is 1. The number of methoxy groups -OCH3 is 1. The summed E-state index contributed by atoms with van der Waals surface area (Å²) < 4.78 is 9.41. The first-order chi connectivity index (χ1) is 11.3. The Bertz CT molecular complexity index is 552. The summed E-state index contributed by atoms with van der Waals surface area (Å²) in [6.45, 7) is 5.65. The molecule has 0 aliphatic carbocycles. The average Bonchev–Trinajstić information content (AvgIpc) is 2.58. The summed E-state index contributed by atoms with van der Waals surface area (Å²) in [4.78, 5) is 23.4. The fourth-order valence-corrected chi connectivity index (χ4v) is 2.90. The van der Waals surface area contributed by atoms with Crippen LogP contribution in [0, 0.1) is 0 Å². The standard InChI is InChI=1S/C17H26N2O4S.ClH/c1-5-23-14(20)10-19-16(21)15(18)17(2,3)24-11-12-6-8-13(22-4)9-7-12;/h6-9,15H,5,10-11,18H2,1-4H3,(H,19,21);1H/t15-;/m0./s1. The van der Waals surface area contributed by atoms with Crippen molar-refractivity contribution >= 4 is 36.0 Å². The minimum Gasteiger partial charge on any atom is -0.497 e. The SMILES string of the molecule is CCOC(=O)CNC(=O)[C@H](N)C(C)(C)SCc1ccc(OC)cc1.Cl. The summed E-state index contributed by atoms with van der Waals surface area (Å²) in [6, 6.07) is 7.02. The Hall–Kier alpha value is -1.44. The molecule has 1 rings (SSSR count). The van der Waals surface area contributed by atoms with Gasteiger partial charge in [0.05, 0.1) is 19.8 Å². The van der Waals surface area contributed by atoms with E-state index in [1.54, 1.807) is 25.8 Å². The van der Waals surface area contributed by atoms with Crippen molar-refractivity contribution in [3.8, 4) is 5.75 Å². The van der Waals surface area contributed by atoms with Crippen molar-refractivity contribution in [3.63, 3.8) is 0 Å². The highest BCUT2D eigenvalue weighted by molar-refractivity contribution is 7.99. The first-order valence-corrected chi connectivity index (χ1v) is 8.74. The van der Waals surface area contributed by atoms with E-state index in [4.69, 9.17) is 15.2 Å². The van der Waals surface area contributed by atoms with Gasteiger partial charge in [0.15, 0.2) is 0 Å². The van der Waals surface area contributed by atoms with Gasteiger partial charge in [0.25, 0.3) is 0 Å². The highest BCUT2D eigenvalue weighted by atomic mass is 35.5. The molecule has 6 nitrogen and oxygen atoms in total. The lowest BCUT2D eigenvalue weighted by Gasteiger charge is -2.30. The molecule has 142 valence electrons. The number of hydrogen-bond acceptors (Lipinski definition) is 6. The maximum Gasteiger partial charge on any atom is 0.325 e. The smallest absolute Gasteiger partial charge is 0.325 e. The number of carbonyl (C=O) groups excluding carboxylic acids is 2. The zero-order valence-corrected chi connectivity index (χ0v) is 16.7. The van der Waals surface area contributed by atoms with E-state index in [9.17, 15) is 9.59 Å². The van der Waals surface area contributed by atoms with E-state index in [2.05, 4.69) is 5.32 Å². The fourth-order valence-electron chi connectivity index (χ4n) is 1.88. The van der Waals surface area contributed by atoms with Gasteiger partial charge >= 0.3 is 5.97 Å². The average molecular weight is 391 g/mol. The second-order valence-electron chi connectivity index (χ2n) is 5.74. The first-order valence-electron chi connectivity index (χ1n) is 7.76. The van der Waals surface area contributed by atoms with Crippen LogP contribution in [0.15, 0.2) is 24.3 Å². The van der Waals surface area contributed by atoms with Gasteiger partial charge in [-0.05, 0) is 38.5 Å². The van der Waals surface area contributed by atoms with Crippen molar-refractivity contribution in [2.24, 2.45) is 5.73 Å². The summed E-state index contributed by atoms with van der Waals surface area (Å²) in [5, 5.41) is 2.52. The number of rotatable bonds is 9. The summed E-state index contributed by atoms with van der Waals surface area (Å²) >= 11 is 1.58. The molecule has 0 radical (unpaired) electrons. The van der Waals surface area contributed by atoms with Crippen molar-refractivity contribution in [1.29, 1.82) is 0 Å². The Kier molecular flexibility index (Phi) is 10.6. The number of amides is 1. The largest absolute Gasteiger partial charge is 0.497 e. The van der Waals surface area contributed by atoms with Crippen LogP contribution in [0.3, 0.4) is 0 Å². The lowest BCUT2D eigenvalue weighted by molar-refractivity contribution is -0.143. The van der Waals surface area contributed by atoms with Gasteiger partial charge in [-0.25, -0.2) is 0 Å². The predicted molar refractivity (Wildman–Crippen MR) is 103 cm³/mol. The van der Waals surface area contributed by atoms with Crippen LogP contribution >= 0.6 is 24.2 Å². The van der Waals surface area contributed by atoms with Crippen LogP contribution < -0.4 is 15.8 Å². The molecule has 1 atom stereocenters. The summed E-state index contributed by atoms with van der Waals surface area (Å²) in [6.07, 6.45) is 0. The van der Waals surface area contributed by atoms with Gasteiger partial charge in [-0.3, -0.25) is 9.59 Å². The summed E-state index contributed by atoms with van der Waals surface area (Å²) in [5.41, 5.74) is 7.18. The number of hydrogen-bond donors (Lipinski definition) is 2. The fraction of sp³-hybridized carbons (Fsp3) is 0.529. The van der Waals surface area contributed by atoms with Crippen LogP contribution in [-0.4, -0.2) is 42.9 Å². The van der Waals surface area contributed by atoms with Crippen molar-refractivity contribution < 1.29 is 19.1 Å². The molecule has 1 amide bonds. The minimum absolute atomic E-state index is 0. The lowest BCUT2D eigenvalue weighted by atomic mass is 10.0. The Morgan fingerprint density at radius 3 is 2.40 bits per heavy atom. The molecular weight excluding hydrogens is 364 g/mol. The maximum absolute atomic E-state index is 12.1. The topological polar surface area (TPSA) is 90.7 Å². The molecule has 0 fully saturated rings. The Morgan fingerprint density at radius 1 is 1.28 bits per heavy atom. The number of thioether (sulfide) groups is 1. The Labute approximate surface area is 159 Å². The summed E-state index contributed by atoms with van der Waals surface area (Å²) in [5.74, 6) is 0.686. The van der Waals surface area contributed by atoms with Crippen LogP contribution in [0.4, 0.5) is 0 Å². The molecule has 8 heteroatoms. The van der Waals surface area contributed by atoms with Gasteiger partial charge in [0, 0.05) is 10.5 Å². The predicted octanol–water partition coefficient (Wildman–Crippen LogP) is 2.14. The minimum atomic E-state index is -0.741. The normalized spacial score (nSPS) is 11.9. The van der Waals surface area contributed by atoms with Crippen molar-refractivity contribution in [2.45, 2.75) is 37.3 Å². The molecule has 0 heterocycles. The first kappa shape index (κ1) is 23.6. The number of carbonyl (C=O) groups is 2. The number of halogens is 1. The van der Waals surface area contributed by atoms with Crippen LogP contribution in [0.1, 0.15) is 26.3 Å². The second-order valence-corrected chi connectivity index (χ2v) is 7.37. The molecular formula is C17H27ClN2O4S. The molecule has 25 heavy (non-hydrogen) atoms. The van der Waals surface area contributed by atoms with E-state index in [0.29, 0.717) is 0 Å². The van der Waals surface area contributed by atoms with Gasteiger partial charge in [0.1, 0.15) is 12.3 Å². The lowest BCUT2D eigenvalue weighted by Crippen LogP contribution is -2.52. The molecule has 0 bridgehead atoms. The molecule has 0 aliphatic heterocycles. The molecule has 0 spiro atoms. The van der Waals surface area contributed by atoms with E-state index < -0.39 is 16.8 Å². The van der Waals surface area contributed by atoms with Gasteiger partial charge in [0.2, 0.25) is 5.91 Å². The highest BCUT2D eigenvalue weighted by Gasteiger charge is 2.32. The van der Waals surface area contributed by atoms with Gasteiger partial charge in [-0.15, -0.1) is 24.2 Å². The molecule has 1 aromatic carbocycles. The van der Waals surface area contributed by atoms with E-state index in [0.717, 1.165) is 17.1 Å². The number of ether oxygens (including phenoxy) is 2. The van der Waals surface area contributed by atoms with Crippen LogP contribution in [0.2, 0.25) is 0 Å². The Balaban J connectivity index is 0.00000576. The van der Waals surface area contributed by atoms with Gasteiger partial charge in [-0.1, -0.05) is 12.1 Å². The monoisotopic (exact) mass is 390 g/mol. The third kappa shape index (κ3) is 7.98. The maximum atomic E-state index is 12.1. The van der Waals surface area contributed by atoms with Crippen LogP contribution in [-0.2, 0) is 20.1 Å². The molecule has 0 saturated heterocycles. The zero-order chi connectivity index (χ0) is 18.2. The van der Waals surface area contributed by atoms with E-state index >= 15 is 0 Å². The Morgan fingerprint density at radius 2 is 1.88 bits per heavy atom. The quantitative estimate of drug-likeness (QED) is 0.628. The van der Waals surface area contributed by atoms with Crippen molar-refractivity contribution in [1.82, 2.24) is 5.32 Å². The van der Waals surface area contributed by atoms with E-state index in [1.165, 1.54) is 0 Å². The third-order valence-electron chi connectivity index (χ3n) is 3.51. The van der Waals surface area contributed by atoms with Crippen LogP contribution in [0.25, 0.3) is 0 Å². The van der Waals surface area contributed by atoms with Gasteiger partial charge < -0.3 is 20.5 Å². The molecule has 0 aliphatic rings. The third-order valence-corrected chi connectivity index (χ3v) is 4.99. The molecule has 0 saturated carbocycles. The zero-order valence-electron chi connectivity index (χ0n) is 15.0.